The zero-order valence-corrected chi connectivity index (χ0v) is 8.38. The molecule has 4 heteroatoms. The standard InChI is InChI=1S/C10H9ClN2O/c1-14-10-8(3-2-4-9(10)11)7-5-12-13-6-7/h2-6H,1H3,(H,12,13). The molecule has 0 radical (unpaired) electrons. The molecule has 1 N–H and O–H groups in total. The van der Waals surface area contributed by atoms with Crippen LogP contribution in [0.15, 0.2) is 30.6 Å². The normalized spacial score (nSPS) is 10.1. The predicted molar refractivity (Wildman–Crippen MR) is 55.6 cm³/mol. The van der Waals surface area contributed by atoms with Gasteiger partial charge in [-0.25, -0.2) is 0 Å². The molecule has 0 aliphatic carbocycles. The summed E-state index contributed by atoms with van der Waals surface area (Å²) >= 11 is 5.99. The molecule has 1 aromatic carbocycles. The van der Waals surface area contributed by atoms with Gasteiger partial charge in [0.15, 0.2) is 0 Å². The fraction of sp³-hybridized carbons (Fsp3) is 0.100. The van der Waals surface area contributed by atoms with Crippen LogP contribution in [0.4, 0.5) is 0 Å². The molecule has 0 aliphatic rings. The largest absolute Gasteiger partial charge is 0.495 e. The SMILES string of the molecule is COc1c(Cl)cccc1-c1cn[nH]c1. The maximum atomic E-state index is 5.99. The minimum absolute atomic E-state index is 0.603. The van der Waals surface area contributed by atoms with Gasteiger partial charge in [0, 0.05) is 17.3 Å². The van der Waals surface area contributed by atoms with E-state index in [0.29, 0.717) is 10.8 Å². The first-order valence-corrected chi connectivity index (χ1v) is 4.52. The first-order valence-electron chi connectivity index (χ1n) is 4.14. The Bertz CT molecular complexity index is 426. The van der Waals surface area contributed by atoms with Gasteiger partial charge in [-0.2, -0.15) is 5.10 Å². The Morgan fingerprint density at radius 1 is 1.43 bits per heavy atom. The van der Waals surface area contributed by atoms with Gasteiger partial charge in [-0.3, -0.25) is 5.10 Å². The topological polar surface area (TPSA) is 37.9 Å². The van der Waals surface area contributed by atoms with Crippen LogP contribution >= 0.6 is 11.6 Å². The first-order chi connectivity index (χ1) is 6.83. The summed E-state index contributed by atoms with van der Waals surface area (Å²) < 4.78 is 5.23. The highest BCUT2D eigenvalue weighted by Gasteiger charge is 2.09. The molecular formula is C10H9ClN2O. The summed E-state index contributed by atoms with van der Waals surface area (Å²) in [5, 5.41) is 7.23. The van der Waals surface area contributed by atoms with Crippen molar-refractivity contribution in [3.8, 4) is 16.9 Å². The molecular weight excluding hydrogens is 200 g/mol. The third-order valence-electron chi connectivity index (χ3n) is 1.98. The van der Waals surface area contributed by atoms with Crippen LogP contribution in [0.25, 0.3) is 11.1 Å². The maximum Gasteiger partial charge on any atom is 0.145 e. The van der Waals surface area contributed by atoms with Crippen molar-refractivity contribution >= 4 is 11.6 Å². The lowest BCUT2D eigenvalue weighted by Crippen LogP contribution is -1.87. The van der Waals surface area contributed by atoms with Crippen LogP contribution in [0.2, 0.25) is 5.02 Å². The zero-order chi connectivity index (χ0) is 9.97. The number of H-pyrrole nitrogens is 1. The summed E-state index contributed by atoms with van der Waals surface area (Å²) in [7, 11) is 1.60. The Labute approximate surface area is 86.7 Å². The van der Waals surface area contributed by atoms with E-state index in [2.05, 4.69) is 10.2 Å². The Morgan fingerprint density at radius 3 is 2.93 bits per heavy atom. The number of hydrogen-bond donors (Lipinski definition) is 1. The van der Waals surface area contributed by atoms with E-state index >= 15 is 0 Å². The lowest BCUT2D eigenvalue weighted by molar-refractivity contribution is 0.416. The van der Waals surface area contributed by atoms with Crippen molar-refractivity contribution < 1.29 is 4.74 Å². The third-order valence-corrected chi connectivity index (χ3v) is 2.28. The third kappa shape index (κ3) is 1.46. The van der Waals surface area contributed by atoms with E-state index in [9.17, 15) is 0 Å². The number of nitrogens with one attached hydrogen (secondary N) is 1. The van der Waals surface area contributed by atoms with Crippen molar-refractivity contribution in [1.29, 1.82) is 0 Å². The highest BCUT2D eigenvalue weighted by Crippen LogP contribution is 2.35. The van der Waals surface area contributed by atoms with Gasteiger partial charge in [-0.15, -0.1) is 0 Å². The average molecular weight is 209 g/mol. The van der Waals surface area contributed by atoms with Crippen LogP contribution in [-0.4, -0.2) is 17.3 Å². The van der Waals surface area contributed by atoms with E-state index in [4.69, 9.17) is 16.3 Å². The highest BCUT2D eigenvalue weighted by molar-refractivity contribution is 6.32. The van der Waals surface area contributed by atoms with E-state index in [1.165, 1.54) is 0 Å². The minimum atomic E-state index is 0.603. The van der Waals surface area contributed by atoms with Gasteiger partial charge >= 0.3 is 0 Å². The molecule has 0 atom stereocenters. The molecule has 14 heavy (non-hydrogen) atoms. The Morgan fingerprint density at radius 2 is 2.29 bits per heavy atom. The molecule has 1 heterocycles. The van der Waals surface area contributed by atoms with Crippen molar-refractivity contribution in [2.75, 3.05) is 7.11 Å². The van der Waals surface area contributed by atoms with Crippen molar-refractivity contribution in [2.24, 2.45) is 0 Å². The number of para-hydroxylation sites is 1. The monoisotopic (exact) mass is 208 g/mol. The van der Waals surface area contributed by atoms with Gasteiger partial charge in [0.2, 0.25) is 0 Å². The van der Waals surface area contributed by atoms with Crippen molar-refractivity contribution in [3.05, 3.63) is 35.6 Å². The average Bonchev–Trinajstić information content (AvgIpc) is 2.70. The van der Waals surface area contributed by atoms with Gasteiger partial charge in [-0.05, 0) is 6.07 Å². The molecule has 0 amide bonds. The molecule has 0 bridgehead atoms. The summed E-state index contributed by atoms with van der Waals surface area (Å²) in [6, 6.07) is 5.62. The molecule has 72 valence electrons. The fourth-order valence-electron chi connectivity index (χ4n) is 1.34. The van der Waals surface area contributed by atoms with Crippen molar-refractivity contribution in [2.45, 2.75) is 0 Å². The molecule has 1 aromatic heterocycles. The van der Waals surface area contributed by atoms with E-state index < -0.39 is 0 Å². The second-order valence-electron chi connectivity index (χ2n) is 2.81. The summed E-state index contributed by atoms with van der Waals surface area (Å²) in [6.45, 7) is 0. The van der Waals surface area contributed by atoms with Crippen LogP contribution < -0.4 is 4.74 Å². The fourth-order valence-corrected chi connectivity index (χ4v) is 1.59. The molecule has 3 nitrogen and oxygen atoms in total. The molecule has 0 fully saturated rings. The highest BCUT2D eigenvalue weighted by atomic mass is 35.5. The number of halogens is 1. The zero-order valence-electron chi connectivity index (χ0n) is 7.62. The number of aromatic nitrogens is 2. The lowest BCUT2D eigenvalue weighted by Gasteiger charge is -2.07. The smallest absolute Gasteiger partial charge is 0.145 e. The van der Waals surface area contributed by atoms with E-state index in [0.717, 1.165) is 11.1 Å². The summed E-state index contributed by atoms with van der Waals surface area (Å²) in [6.07, 6.45) is 3.53. The number of benzene rings is 1. The van der Waals surface area contributed by atoms with Gasteiger partial charge in [0.05, 0.1) is 18.3 Å². The second-order valence-corrected chi connectivity index (χ2v) is 3.21. The summed E-state index contributed by atoms with van der Waals surface area (Å²) in [5.41, 5.74) is 1.90. The summed E-state index contributed by atoms with van der Waals surface area (Å²) in [5.74, 6) is 0.676. The minimum Gasteiger partial charge on any atom is -0.495 e. The number of ether oxygens (including phenoxy) is 1. The molecule has 0 saturated heterocycles. The lowest BCUT2D eigenvalue weighted by atomic mass is 10.1. The Hall–Kier alpha value is -1.48. The van der Waals surface area contributed by atoms with Crippen LogP contribution in [0.5, 0.6) is 5.75 Å². The number of aromatic amines is 1. The van der Waals surface area contributed by atoms with E-state index in [-0.39, 0.29) is 0 Å². The molecule has 0 saturated carbocycles. The van der Waals surface area contributed by atoms with Gasteiger partial charge < -0.3 is 4.74 Å². The van der Waals surface area contributed by atoms with Gasteiger partial charge in [0.1, 0.15) is 5.75 Å². The molecule has 0 aliphatic heterocycles. The van der Waals surface area contributed by atoms with Crippen LogP contribution in [0, 0.1) is 0 Å². The van der Waals surface area contributed by atoms with Gasteiger partial charge in [0.25, 0.3) is 0 Å². The predicted octanol–water partition coefficient (Wildman–Crippen LogP) is 2.74. The molecule has 0 unspecified atom stereocenters. The van der Waals surface area contributed by atoms with Gasteiger partial charge in [-0.1, -0.05) is 23.7 Å². The van der Waals surface area contributed by atoms with Crippen LogP contribution in [-0.2, 0) is 0 Å². The Kier molecular flexibility index (Phi) is 2.41. The van der Waals surface area contributed by atoms with Crippen molar-refractivity contribution in [1.82, 2.24) is 10.2 Å². The second kappa shape index (κ2) is 3.72. The number of hydrogen-bond acceptors (Lipinski definition) is 2. The molecule has 2 rings (SSSR count). The number of methoxy groups -OCH3 is 1. The van der Waals surface area contributed by atoms with Crippen LogP contribution in [0.1, 0.15) is 0 Å². The Balaban J connectivity index is 2.58. The number of rotatable bonds is 2. The first kappa shape index (κ1) is 9.09. The molecule has 2 aromatic rings. The van der Waals surface area contributed by atoms with Crippen molar-refractivity contribution in [3.63, 3.8) is 0 Å². The van der Waals surface area contributed by atoms with E-state index in [1.54, 1.807) is 25.6 Å². The molecule has 0 spiro atoms. The number of nitrogens with zero attached hydrogens (tertiary/aromatic N) is 1. The quantitative estimate of drug-likeness (QED) is 0.824. The maximum absolute atomic E-state index is 5.99. The summed E-state index contributed by atoms with van der Waals surface area (Å²) in [4.78, 5) is 0. The van der Waals surface area contributed by atoms with Crippen LogP contribution in [0.3, 0.4) is 0 Å². The van der Waals surface area contributed by atoms with E-state index in [1.807, 2.05) is 12.1 Å².